The van der Waals surface area contributed by atoms with Gasteiger partial charge in [0.1, 0.15) is 16.9 Å². The molecule has 2 heterocycles. The molecule has 0 radical (unpaired) electrons. The van der Waals surface area contributed by atoms with Crippen LogP contribution in [0.1, 0.15) is 28.0 Å². The summed E-state index contributed by atoms with van der Waals surface area (Å²) in [7, 11) is 0. The van der Waals surface area contributed by atoms with Gasteiger partial charge in [0, 0.05) is 11.6 Å². The van der Waals surface area contributed by atoms with E-state index in [0.29, 0.717) is 6.54 Å². The van der Waals surface area contributed by atoms with E-state index in [2.05, 4.69) is 32.6 Å². The number of thioether (sulfide) groups is 1. The highest BCUT2D eigenvalue weighted by Crippen LogP contribution is 2.24. The maximum atomic E-state index is 12.8. The standard InChI is InChI=1S/C22H21N5OS2/c1-16-25-26-22(27(16)14-17-8-4-2-5-9-17)30-15-19(28)24-20(21-23-12-13-29-21)18-10-6-3-7-11-18/h2-13,20H,14-15H2,1H3,(H,24,28). The molecule has 4 aromatic rings. The number of nitrogens with one attached hydrogen (secondary N) is 1. The summed E-state index contributed by atoms with van der Waals surface area (Å²) >= 11 is 2.92. The largest absolute Gasteiger partial charge is 0.342 e. The third kappa shape index (κ3) is 4.95. The van der Waals surface area contributed by atoms with Gasteiger partial charge in [0.05, 0.1) is 12.3 Å². The number of rotatable bonds is 8. The molecule has 2 aromatic carbocycles. The highest BCUT2D eigenvalue weighted by molar-refractivity contribution is 7.99. The summed E-state index contributed by atoms with van der Waals surface area (Å²) < 4.78 is 2.03. The Bertz CT molecular complexity index is 1080. The Hall–Kier alpha value is -2.97. The van der Waals surface area contributed by atoms with Gasteiger partial charge < -0.3 is 9.88 Å². The number of thiazole rings is 1. The van der Waals surface area contributed by atoms with E-state index in [0.717, 1.165) is 21.6 Å². The van der Waals surface area contributed by atoms with Crippen LogP contribution in [0.2, 0.25) is 0 Å². The Morgan fingerprint density at radius 3 is 2.53 bits per heavy atom. The van der Waals surface area contributed by atoms with Crippen molar-refractivity contribution in [1.29, 1.82) is 0 Å². The molecule has 0 saturated carbocycles. The minimum absolute atomic E-state index is 0.0732. The van der Waals surface area contributed by atoms with E-state index in [-0.39, 0.29) is 17.7 Å². The molecule has 0 aliphatic carbocycles. The maximum Gasteiger partial charge on any atom is 0.231 e. The van der Waals surface area contributed by atoms with Crippen LogP contribution in [0.5, 0.6) is 0 Å². The van der Waals surface area contributed by atoms with Gasteiger partial charge in [-0.2, -0.15) is 0 Å². The van der Waals surface area contributed by atoms with Gasteiger partial charge in [-0.3, -0.25) is 4.79 Å². The molecule has 2 aromatic heterocycles. The van der Waals surface area contributed by atoms with Crippen LogP contribution in [0.3, 0.4) is 0 Å². The molecule has 1 amide bonds. The Balaban J connectivity index is 1.43. The molecular weight excluding hydrogens is 414 g/mol. The molecule has 0 bridgehead atoms. The topological polar surface area (TPSA) is 72.7 Å². The number of carbonyl (C=O) groups is 1. The molecule has 0 aliphatic rings. The van der Waals surface area contributed by atoms with Gasteiger partial charge in [-0.1, -0.05) is 72.4 Å². The average molecular weight is 436 g/mol. The van der Waals surface area contributed by atoms with Gasteiger partial charge in [0.25, 0.3) is 0 Å². The van der Waals surface area contributed by atoms with Crippen LogP contribution in [0.4, 0.5) is 0 Å². The number of nitrogens with zero attached hydrogens (tertiary/aromatic N) is 4. The van der Waals surface area contributed by atoms with Crippen LogP contribution < -0.4 is 5.32 Å². The molecule has 0 fully saturated rings. The SMILES string of the molecule is Cc1nnc(SCC(=O)NC(c2ccccc2)c2nccs2)n1Cc1ccccc1. The predicted molar refractivity (Wildman–Crippen MR) is 120 cm³/mol. The highest BCUT2D eigenvalue weighted by Gasteiger charge is 2.20. The first-order valence-electron chi connectivity index (χ1n) is 9.51. The lowest BCUT2D eigenvalue weighted by atomic mass is 10.1. The van der Waals surface area contributed by atoms with Crippen LogP contribution in [0.15, 0.2) is 77.4 Å². The highest BCUT2D eigenvalue weighted by atomic mass is 32.2. The summed E-state index contributed by atoms with van der Waals surface area (Å²) in [6, 6.07) is 19.8. The van der Waals surface area contributed by atoms with E-state index in [1.54, 1.807) is 6.20 Å². The van der Waals surface area contributed by atoms with Gasteiger partial charge in [0.15, 0.2) is 5.16 Å². The van der Waals surface area contributed by atoms with E-state index < -0.39 is 0 Å². The van der Waals surface area contributed by atoms with Gasteiger partial charge in [-0.15, -0.1) is 21.5 Å². The molecule has 6 nitrogen and oxygen atoms in total. The number of benzene rings is 2. The molecule has 152 valence electrons. The molecule has 30 heavy (non-hydrogen) atoms. The van der Waals surface area contributed by atoms with Crippen molar-refractivity contribution in [2.75, 3.05) is 5.75 Å². The summed E-state index contributed by atoms with van der Waals surface area (Å²) in [6.07, 6.45) is 1.76. The molecule has 1 N–H and O–H groups in total. The van der Waals surface area contributed by atoms with Crippen molar-refractivity contribution in [3.05, 3.63) is 94.2 Å². The fraction of sp³-hybridized carbons (Fsp3) is 0.182. The average Bonchev–Trinajstić information content (AvgIpc) is 3.43. The Labute approximate surface area is 183 Å². The maximum absolute atomic E-state index is 12.8. The normalized spacial score (nSPS) is 11.9. The van der Waals surface area contributed by atoms with Gasteiger partial charge in [-0.25, -0.2) is 4.98 Å². The van der Waals surface area contributed by atoms with Crippen molar-refractivity contribution >= 4 is 29.0 Å². The fourth-order valence-electron chi connectivity index (χ4n) is 3.06. The van der Waals surface area contributed by atoms with Crippen molar-refractivity contribution < 1.29 is 4.79 Å². The summed E-state index contributed by atoms with van der Waals surface area (Å²) in [5.74, 6) is 1.00. The lowest BCUT2D eigenvalue weighted by Gasteiger charge is -2.17. The molecule has 0 aliphatic heterocycles. The van der Waals surface area contributed by atoms with Crippen LogP contribution in [-0.2, 0) is 11.3 Å². The lowest BCUT2D eigenvalue weighted by Crippen LogP contribution is -2.30. The van der Waals surface area contributed by atoms with Crippen molar-refractivity contribution in [3.8, 4) is 0 Å². The Morgan fingerprint density at radius 1 is 1.10 bits per heavy atom. The summed E-state index contributed by atoms with van der Waals surface area (Å²) in [5, 5.41) is 15.1. The van der Waals surface area contributed by atoms with Crippen molar-refractivity contribution in [1.82, 2.24) is 25.1 Å². The number of carbonyl (C=O) groups excluding carboxylic acids is 1. The summed E-state index contributed by atoms with van der Waals surface area (Å²) in [5.41, 5.74) is 2.17. The van der Waals surface area contributed by atoms with Gasteiger partial charge >= 0.3 is 0 Å². The molecule has 8 heteroatoms. The quantitative estimate of drug-likeness (QED) is 0.422. The third-order valence-corrected chi connectivity index (χ3v) is 6.36. The predicted octanol–water partition coefficient (Wildman–Crippen LogP) is 4.09. The first-order chi connectivity index (χ1) is 14.7. The molecule has 4 rings (SSSR count). The van der Waals surface area contributed by atoms with E-state index in [4.69, 9.17) is 0 Å². The third-order valence-electron chi connectivity index (χ3n) is 4.55. The number of hydrogen-bond acceptors (Lipinski definition) is 6. The zero-order valence-corrected chi connectivity index (χ0v) is 18.1. The molecular formula is C22H21N5OS2. The number of amides is 1. The van der Waals surface area contributed by atoms with Gasteiger partial charge in [-0.05, 0) is 18.1 Å². The lowest BCUT2D eigenvalue weighted by molar-refractivity contribution is -0.119. The van der Waals surface area contributed by atoms with Crippen LogP contribution in [0, 0.1) is 6.92 Å². The number of aromatic nitrogens is 4. The minimum atomic E-state index is -0.261. The van der Waals surface area contributed by atoms with Gasteiger partial charge in [0.2, 0.25) is 5.91 Å². The molecule has 1 atom stereocenters. The van der Waals surface area contributed by atoms with E-state index in [1.807, 2.05) is 65.4 Å². The Kier molecular flexibility index (Phi) is 6.56. The molecule has 0 saturated heterocycles. The van der Waals surface area contributed by atoms with E-state index in [9.17, 15) is 4.79 Å². The van der Waals surface area contributed by atoms with Crippen molar-refractivity contribution in [2.45, 2.75) is 24.7 Å². The second kappa shape index (κ2) is 9.69. The summed E-state index contributed by atoms with van der Waals surface area (Å²) in [6.45, 7) is 2.60. The van der Waals surface area contributed by atoms with Crippen LogP contribution in [-0.4, -0.2) is 31.4 Å². The first kappa shape index (κ1) is 20.3. The monoisotopic (exact) mass is 435 g/mol. The minimum Gasteiger partial charge on any atom is -0.342 e. The number of hydrogen-bond donors (Lipinski definition) is 1. The fourth-order valence-corrected chi connectivity index (χ4v) is 4.57. The Morgan fingerprint density at radius 2 is 1.83 bits per heavy atom. The second-order valence-electron chi connectivity index (χ2n) is 6.67. The number of aryl methyl sites for hydroxylation is 1. The van der Waals surface area contributed by atoms with Crippen LogP contribution >= 0.6 is 23.1 Å². The molecule has 0 spiro atoms. The second-order valence-corrected chi connectivity index (χ2v) is 8.54. The zero-order chi connectivity index (χ0) is 20.8. The van der Waals surface area contributed by atoms with Crippen molar-refractivity contribution in [2.24, 2.45) is 0 Å². The van der Waals surface area contributed by atoms with E-state index in [1.165, 1.54) is 28.7 Å². The zero-order valence-electron chi connectivity index (χ0n) is 16.4. The van der Waals surface area contributed by atoms with Crippen molar-refractivity contribution in [3.63, 3.8) is 0 Å². The smallest absolute Gasteiger partial charge is 0.231 e. The first-order valence-corrected chi connectivity index (χ1v) is 11.4. The molecule has 1 unspecified atom stereocenters. The van der Waals surface area contributed by atoms with E-state index >= 15 is 0 Å². The van der Waals surface area contributed by atoms with Crippen LogP contribution in [0.25, 0.3) is 0 Å². The summed E-state index contributed by atoms with van der Waals surface area (Å²) in [4.78, 5) is 17.2.